The first-order chi connectivity index (χ1) is 15.1. The Labute approximate surface area is 180 Å². The van der Waals surface area contributed by atoms with Crippen molar-refractivity contribution in [2.24, 2.45) is 11.1 Å². The van der Waals surface area contributed by atoms with Crippen molar-refractivity contribution in [2.45, 2.75) is 19.8 Å². The Morgan fingerprint density at radius 3 is 2.55 bits per heavy atom. The molecule has 31 heavy (non-hydrogen) atoms. The number of methoxy groups -OCH3 is 1. The van der Waals surface area contributed by atoms with Gasteiger partial charge in [-0.1, -0.05) is 35.5 Å². The summed E-state index contributed by atoms with van der Waals surface area (Å²) in [5, 5.41) is 15.6. The van der Waals surface area contributed by atoms with Crippen LogP contribution in [0.5, 0.6) is 11.6 Å². The molecule has 2 aromatic carbocycles. The highest BCUT2D eigenvalue weighted by Gasteiger charge is 2.29. The molecule has 1 aliphatic rings. The van der Waals surface area contributed by atoms with E-state index in [1.54, 1.807) is 0 Å². The summed E-state index contributed by atoms with van der Waals surface area (Å²) < 4.78 is 11.0. The molecule has 1 aromatic heterocycles. The van der Waals surface area contributed by atoms with Gasteiger partial charge in [-0.05, 0) is 54.8 Å². The molecule has 4 rings (SSSR count). The summed E-state index contributed by atoms with van der Waals surface area (Å²) in [6, 6.07) is 17.6. The lowest BCUT2D eigenvalue weighted by molar-refractivity contribution is -0.146. The van der Waals surface area contributed by atoms with Crippen LogP contribution >= 0.6 is 0 Å². The fraction of sp³-hybridized carbons (Fsp3) is 0.292. The Morgan fingerprint density at radius 2 is 1.84 bits per heavy atom. The van der Waals surface area contributed by atoms with Gasteiger partial charge >= 0.3 is 5.97 Å². The molecule has 0 unspecified atom stereocenters. The molecule has 2 heterocycles. The third-order valence-electron chi connectivity index (χ3n) is 5.60. The lowest BCUT2D eigenvalue weighted by atomic mass is 9.96. The average molecular weight is 419 g/mol. The highest BCUT2D eigenvalue weighted by atomic mass is 16.5. The minimum absolute atomic E-state index is 0.134. The molecule has 0 aliphatic carbocycles. The van der Waals surface area contributed by atoms with Crippen LogP contribution < -0.4 is 4.74 Å². The number of aromatic nitrogens is 1. The first-order valence-electron chi connectivity index (χ1n) is 10.3. The van der Waals surface area contributed by atoms with Crippen LogP contribution in [-0.2, 0) is 9.53 Å². The van der Waals surface area contributed by atoms with Gasteiger partial charge in [-0.25, -0.2) is 4.98 Å². The second kappa shape index (κ2) is 9.04. The number of ether oxygens (including phenoxy) is 2. The van der Waals surface area contributed by atoms with Crippen LogP contribution in [-0.4, -0.2) is 47.1 Å². The van der Waals surface area contributed by atoms with Crippen molar-refractivity contribution in [1.29, 1.82) is 0 Å². The quantitative estimate of drug-likeness (QED) is 0.222. The van der Waals surface area contributed by atoms with Crippen LogP contribution in [0.4, 0.5) is 0 Å². The number of piperidine rings is 1. The number of oxime groups is 1. The third kappa shape index (κ3) is 4.45. The van der Waals surface area contributed by atoms with Crippen molar-refractivity contribution in [3.05, 3.63) is 65.9 Å². The van der Waals surface area contributed by atoms with Crippen molar-refractivity contribution in [2.75, 3.05) is 20.2 Å². The number of carbonyl (C=O) groups is 1. The molecule has 0 saturated carbocycles. The largest absolute Gasteiger partial charge is 0.469 e. The molecule has 160 valence electrons. The number of pyridine rings is 1. The Balaban J connectivity index is 1.60. The van der Waals surface area contributed by atoms with Crippen LogP contribution in [0, 0.1) is 12.8 Å². The molecular formula is C24H25N3O4. The van der Waals surface area contributed by atoms with Crippen molar-refractivity contribution < 1.29 is 19.5 Å². The summed E-state index contributed by atoms with van der Waals surface area (Å²) in [4.78, 5) is 18.3. The Morgan fingerprint density at radius 1 is 1.10 bits per heavy atom. The minimum Gasteiger partial charge on any atom is -0.469 e. The van der Waals surface area contributed by atoms with Crippen LogP contribution in [0.3, 0.4) is 0 Å². The highest BCUT2D eigenvalue weighted by Crippen LogP contribution is 2.29. The number of hydrogen-bond acceptors (Lipinski definition) is 6. The second-order valence-corrected chi connectivity index (χ2v) is 7.62. The number of likely N-dealkylation sites (tertiary alicyclic amines) is 1. The summed E-state index contributed by atoms with van der Waals surface area (Å²) in [6.45, 7) is 3.03. The predicted octanol–water partition coefficient (Wildman–Crippen LogP) is 4.36. The fourth-order valence-corrected chi connectivity index (χ4v) is 3.90. The molecule has 1 fully saturated rings. The summed E-state index contributed by atoms with van der Waals surface area (Å²) in [5.74, 6) is 1.08. The molecule has 0 amide bonds. The van der Waals surface area contributed by atoms with Crippen molar-refractivity contribution in [3.63, 3.8) is 0 Å². The van der Waals surface area contributed by atoms with E-state index in [0.717, 1.165) is 16.5 Å². The van der Waals surface area contributed by atoms with E-state index in [4.69, 9.17) is 9.47 Å². The number of esters is 1. The SMILES string of the molecule is COC(=O)C1CCN(/C(=N\O)c2ccc(C)nc2Oc2ccc3ccccc3c2)CC1. The van der Waals surface area contributed by atoms with E-state index < -0.39 is 0 Å². The minimum atomic E-state index is -0.195. The number of nitrogens with zero attached hydrogens (tertiary/aromatic N) is 3. The maximum absolute atomic E-state index is 11.8. The van der Waals surface area contributed by atoms with E-state index in [-0.39, 0.29) is 11.9 Å². The number of benzene rings is 2. The van der Waals surface area contributed by atoms with Gasteiger partial charge in [0.15, 0.2) is 5.84 Å². The predicted molar refractivity (Wildman–Crippen MR) is 118 cm³/mol. The Kier molecular flexibility index (Phi) is 6.02. The molecule has 0 bridgehead atoms. The van der Waals surface area contributed by atoms with Gasteiger partial charge in [0, 0.05) is 18.8 Å². The number of amidine groups is 1. The van der Waals surface area contributed by atoms with Crippen molar-refractivity contribution in [1.82, 2.24) is 9.88 Å². The van der Waals surface area contributed by atoms with Gasteiger partial charge in [0.1, 0.15) is 5.75 Å². The lowest BCUT2D eigenvalue weighted by Gasteiger charge is -2.32. The van der Waals surface area contributed by atoms with E-state index in [1.807, 2.05) is 66.4 Å². The summed E-state index contributed by atoms with van der Waals surface area (Å²) in [6.07, 6.45) is 1.26. The molecule has 3 aromatic rings. The maximum atomic E-state index is 11.8. The van der Waals surface area contributed by atoms with E-state index in [9.17, 15) is 10.0 Å². The van der Waals surface area contributed by atoms with Crippen LogP contribution in [0.25, 0.3) is 10.8 Å². The highest BCUT2D eigenvalue weighted by molar-refractivity contribution is 6.00. The topological polar surface area (TPSA) is 84.2 Å². The van der Waals surface area contributed by atoms with E-state index in [1.165, 1.54) is 7.11 Å². The monoisotopic (exact) mass is 419 g/mol. The first kappa shape index (κ1) is 20.7. The van der Waals surface area contributed by atoms with Crippen LogP contribution in [0.15, 0.2) is 59.8 Å². The number of aryl methyl sites for hydroxylation is 1. The van der Waals surface area contributed by atoms with Gasteiger partial charge in [-0.2, -0.15) is 0 Å². The smallest absolute Gasteiger partial charge is 0.308 e. The Hall–Kier alpha value is -3.61. The molecule has 7 heteroatoms. The van der Waals surface area contributed by atoms with Crippen LogP contribution in [0.1, 0.15) is 24.1 Å². The zero-order valence-corrected chi connectivity index (χ0v) is 17.6. The fourth-order valence-electron chi connectivity index (χ4n) is 3.90. The van der Waals surface area contributed by atoms with Gasteiger partial charge in [0.2, 0.25) is 5.88 Å². The number of fused-ring (bicyclic) bond motifs is 1. The molecule has 1 saturated heterocycles. The Bertz CT molecular complexity index is 1120. The maximum Gasteiger partial charge on any atom is 0.308 e. The molecule has 0 spiro atoms. The summed E-state index contributed by atoms with van der Waals surface area (Å²) in [5.41, 5.74) is 1.39. The van der Waals surface area contributed by atoms with Gasteiger partial charge in [0.05, 0.1) is 18.6 Å². The van der Waals surface area contributed by atoms with Gasteiger partial charge in [-0.3, -0.25) is 4.79 Å². The van der Waals surface area contributed by atoms with E-state index in [0.29, 0.717) is 49.0 Å². The number of hydrogen-bond donors (Lipinski definition) is 1. The molecule has 7 nitrogen and oxygen atoms in total. The van der Waals surface area contributed by atoms with Gasteiger partial charge < -0.3 is 19.6 Å². The van der Waals surface area contributed by atoms with Crippen molar-refractivity contribution in [3.8, 4) is 11.6 Å². The normalized spacial score (nSPS) is 15.2. The molecule has 0 atom stereocenters. The third-order valence-corrected chi connectivity index (χ3v) is 5.60. The standard InChI is InChI=1S/C24H25N3O4/c1-16-7-10-21(22(26-29)27-13-11-18(12-14-27)24(28)30-2)23(25-16)31-20-9-8-17-5-3-4-6-19(17)15-20/h3-10,15,18,29H,11-14H2,1-2H3/b26-22-. The number of rotatable bonds is 4. The molecular weight excluding hydrogens is 394 g/mol. The van der Waals surface area contributed by atoms with E-state index in [2.05, 4.69) is 10.1 Å². The first-order valence-corrected chi connectivity index (χ1v) is 10.3. The average Bonchev–Trinajstić information content (AvgIpc) is 2.80. The summed E-state index contributed by atoms with van der Waals surface area (Å²) in [7, 11) is 1.41. The van der Waals surface area contributed by atoms with Gasteiger partial charge in [0.25, 0.3) is 0 Å². The van der Waals surface area contributed by atoms with E-state index >= 15 is 0 Å². The second-order valence-electron chi connectivity index (χ2n) is 7.62. The zero-order valence-electron chi connectivity index (χ0n) is 17.6. The van der Waals surface area contributed by atoms with Crippen LogP contribution in [0.2, 0.25) is 0 Å². The molecule has 1 N–H and O–H groups in total. The van der Waals surface area contributed by atoms with Gasteiger partial charge in [-0.15, -0.1) is 0 Å². The summed E-state index contributed by atoms with van der Waals surface area (Å²) >= 11 is 0. The zero-order chi connectivity index (χ0) is 21.8. The van der Waals surface area contributed by atoms with Crippen molar-refractivity contribution >= 4 is 22.6 Å². The number of carbonyl (C=O) groups excluding carboxylic acids is 1. The lowest BCUT2D eigenvalue weighted by Crippen LogP contribution is -2.41. The molecule has 1 aliphatic heterocycles. The molecule has 0 radical (unpaired) electrons.